The Morgan fingerprint density at radius 2 is 0.833 bits per heavy atom. The lowest BCUT2D eigenvalue weighted by atomic mass is 27.6. The van der Waals surface area contributed by atoms with Crippen molar-refractivity contribution in [3.63, 3.8) is 0 Å². The first-order valence-corrected chi connectivity index (χ1v) is 6.80. The number of hydrogen-bond donors (Lipinski definition) is 0. The van der Waals surface area contributed by atoms with E-state index in [-0.39, 0.29) is 24.0 Å². The highest BCUT2D eigenvalue weighted by Gasteiger charge is 2.19. The van der Waals surface area contributed by atoms with Crippen LogP contribution in [-0.2, 0) is 0 Å². The molecular weight excluding hydrogens is 297 g/mol. The zero-order valence-corrected chi connectivity index (χ0v) is 8.77. The van der Waals surface area contributed by atoms with E-state index < -0.39 is 5.31 Å². The Balaban J connectivity index is 0. The maximum absolute atomic E-state index is 4.97. The van der Waals surface area contributed by atoms with Gasteiger partial charge in [-0.2, -0.15) is 0 Å². The van der Waals surface area contributed by atoms with Crippen LogP contribution in [0.25, 0.3) is 0 Å². The molecule has 0 saturated heterocycles. The molecule has 0 aromatic rings. The minimum absolute atomic E-state index is 0. The Morgan fingerprint density at radius 3 is 0.833 bits per heavy atom. The molecule has 0 aliphatic heterocycles. The summed E-state index contributed by atoms with van der Waals surface area (Å²) in [4.78, 5) is 0. The standard InChI is InChI=1S/Cl4Si.HI/c1-5(2,3)4;/h;1H. The summed E-state index contributed by atoms with van der Waals surface area (Å²) < 4.78 is 0. The average Bonchev–Trinajstić information content (AvgIpc) is 0.722. The zero-order chi connectivity index (χ0) is 4.50. The van der Waals surface area contributed by atoms with E-state index in [1.54, 1.807) is 0 Å². The third kappa shape index (κ3) is 35.9. The number of rotatable bonds is 0. The van der Waals surface area contributed by atoms with Gasteiger partial charge in [-0.05, 0) is 0 Å². The molecule has 0 nitrogen and oxygen atoms in total. The topological polar surface area (TPSA) is 0 Å². The zero-order valence-electron chi connectivity index (χ0n) is 2.42. The first kappa shape index (κ1) is 11.0. The Bertz CT molecular complexity index is 23.0. The number of hydrogen-bond acceptors (Lipinski definition) is 0. The quantitative estimate of drug-likeness (QED) is 0.366. The summed E-state index contributed by atoms with van der Waals surface area (Å²) >= 11 is 19.9. The Kier molecular flexibility index (Phi) is 7.38. The summed E-state index contributed by atoms with van der Waals surface area (Å²) in [6.45, 7) is 0. The van der Waals surface area contributed by atoms with Gasteiger partial charge in [-0.1, -0.05) is 0 Å². The molecule has 0 fully saturated rings. The van der Waals surface area contributed by atoms with Crippen molar-refractivity contribution in [3.8, 4) is 0 Å². The van der Waals surface area contributed by atoms with Crippen molar-refractivity contribution in [3.05, 3.63) is 0 Å². The van der Waals surface area contributed by atoms with E-state index in [4.69, 9.17) is 44.3 Å². The van der Waals surface area contributed by atoms with E-state index in [2.05, 4.69) is 0 Å². The van der Waals surface area contributed by atoms with Gasteiger partial charge < -0.3 is 0 Å². The highest BCUT2D eigenvalue weighted by molar-refractivity contribution is 14.0. The summed E-state index contributed by atoms with van der Waals surface area (Å²) in [5.74, 6) is 0. The molecule has 0 bridgehead atoms. The molecular formula is HCl4ISi. The van der Waals surface area contributed by atoms with Crippen LogP contribution >= 0.6 is 68.3 Å². The maximum atomic E-state index is 4.97. The van der Waals surface area contributed by atoms with Gasteiger partial charge in [-0.25, -0.2) is 0 Å². The van der Waals surface area contributed by atoms with E-state index in [1.807, 2.05) is 0 Å². The van der Waals surface area contributed by atoms with Crippen LogP contribution in [0.4, 0.5) is 0 Å². The van der Waals surface area contributed by atoms with E-state index >= 15 is 0 Å². The maximum Gasteiger partial charge on any atom is 0.440 e. The number of halogens is 5. The molecule has 6 heteroatoms. The third-order valence-corrected chi connectivity index (χ3v) is 0. The highest BCUT2D eigenvalue weighted by Crippen LogP contribution is 2.23. The average molecular weight is 298 g/mol. The van der Waals surface area contributed by atoms with Crippen molar-refractivity contribution in [1.29, 1.82) is 0 Å². The van der Waals surface area contributed by atoms with Crippen molar-refractivity contribution in [2.45, 2.75) is 0 Å². The van der Waals surface area contributed by atoms with Crippen LogP contribution in [0.15, 0.2) is 0 Å². The molecule has 0 atom stereocenters. The van der Waals surface area contributed by atoms with Crippen LogP contribution in [0.3, 0.4) is 0 Å². The molecule has 0 N–H and O–H groups in total. The molecule has 40 valence electrons. The molecule has 0 aliphatic carbocycles. The molecule has 0 aromatic heterocycles. The smallest absolute Gasteiger partial charge is 0.110 e. The van der Waals surface area contributed by atoms with Gasteiger partial charge in [0, 0.05) is 0 Å². The normalized spacial score (nSPS) is 10.0. The third-order valence-electron chi connectivity index (χ3n) is 0. The molecule has 0 radical (unpaired) electrons. The van der Waals surface area contributed by atoms with Crippen molar-refractivity contribution in [2.75, 3.05) is 0 Å². The van der Waals surface area contributed by atoms with Gasteiger partial charge in [0.25, 0.3) is 0 Å². The molecule has 0 heterocycles. The van der Waals surface area contributed by atoms with Crippen molar-refractivity contribution < 1.29 is 0 Å². The van der Waals surface area contributed by atoms with E-state index in [0.717, 1.165) is 0 Å². The molecule has 6 heavy (non-hydrogen) atoms. The molecule has 0 spiro atoms. The first-order valence-electron chi connectivity index (χ1n) is 0.756. The highest BCUT2D eigenvalue weighted by atomic mass is 127. The van der Waals surface area contributed by atoms with Crippen LogP contribution < -0.4 is 0 Å². The fourth-order valence-electron chi connectivity index (χ4n) is 0. The Hall–Kier alpha value is 2.11. The van der Waals surface area contributed by atoms with Gasteiger partial charge in [0.1, 0.15) is 0 Å². The lowest BCUT2D eigenvalue weighted by Crippen LogP contribution is -1.91. The van der Waals surface area contributed by atoms with E-state index in [0.29, 0.717) is 0 Å². The summed E-state index contributed by atoms with van der Waals surface area (Å²) in [5, 5.41) is -2.72. The van der Waals surface area contributed by atoms with Crippen LogP contribution in [0.1, 0.15) is 0 Å². The summed E-state index contributed by atoms with van der Waals surface area (Å²) in [6.07, 6.45) is 0. The predicted molar refractivity (Wildman–Crippen MR) is 44.6 cm³/mol. The largest absolute Gasteiger partial charge is 0.440 e. The second-order valence-corrected chi connectivity index (χ2v) is 11.6. The van der Waals surface area contributed by atoms with Gasteiger partial charge in [0.15, 0.2) is 0 Å². The lowest BCUT2D eigenvalue weighted by Gasteiger charge is -1.85. The van der Waals surface area contributed by atoms with E-state index in [9.17, 15) is 0 Å². The SMILES string of the molecule is Cl[Si](Cl)(Cl)Cl.I. The summed E-state index contributed by atoms with van der Waals surface area (Å²) in [5.41, 5.74) is 0. The van der Waals surface area contributed by atoms with Gasteiger partial charge in [-0.15, -0.1) is 68.3 Å². The second-order valence-electron chi connectivity index (χ2n) is 0.429. The summed E-state index contributed by atoms with van der Waals surface area (Å²) in [6, 6.07) is 0. The molecule has 0 saturated carbocycles. The van der Waals surface area contributed by atoms with Gasteiger partial charge in [0.05, 0.1) is 0 Å². The Morgan fingerprint density at radius 1 is 0.833 bits per heavy atom. The molecule has 0 aliphatic rings. The fourth-order valence-corrected chi connectivity index (χ4v) is 0. The Labute approximate surface area is 72.9 Å². The molecule has 0 amide bonds. The minimum Gasteiger partial charge on any atom is -0.110 e. The van der Waals surface area contributed by atoms with Crippen molar-refractivity contribution in [1.82, 2.24) is 0 Å². The van der Waals surface area contributed by atoms with Gasteiger partial charge in [0.2, 0.25) is 0 Å². The molecule has 0 rings (SSSR count). The molecule has 0 aromatic carbocycles. The van der Waals surface area contributed by atoms with Crippen LogP contribution in [-0.4, -0.2) is 5.31 Å². The van der Waals surface area contributed by atoms with Crippen molar-refractivity contribution >= 4 is 73.6 Å². The molecule has 0 unspecified atom stereocenters. The van der Waals surface area contributed by atoms with Crippen LogP contribution in [0, 0.1) is 0 Å². The van der Waals surface area contributed by atoms with Gasteiger partial charge >= 0.3 is 5.31 Å². The summed E-state index contributed by atoms with van der Waals surface area (Å²) in [7, 11) is 0. The monoisotopic (exact) mass is 296 g/mol. The first-order chi connectivity index (χ1) is 2.00. The predicted octanol–water partition coefficient (Wildman–Crippen LogP) is 3.00. The van der Waals surface area contributed by atoms with Crippen molar-refractivity contribution in [2.24, 2.45) is 0 Å². The van der Waals surface area contributed by atoms with Crippen LogP contribution in [0.5, 0.6) is 0 Å². The lowest BCUT2D eigenvalue weighted by molar-refractivity contribution is 3.80. The van der Waals surface area contributed by atoms with Gasteiger partial charge in [-0.3, -0.25) is 0 Å². The van der Waals surface area contributed by atoms with E-state index in [1.165, 1.54) is 0 Å². The fraction of sp³-hybridized carbons (Fsp3) is 0. The minimum atomic E-state index is -2.72. The van der Waals surface area contributed by atoms with Crippen LogP contribution in [0.2, 0.25) is 0 Å². The second kappa shape index (κ2) is 4.03.